The van der Waals surface area contributed by atoms with Crippen molar-refractivity contribution in [1.29, 1.82) is 0 Å². The summed E-state index contributed by atoms with van der Waals surface area (Å²) in [7, 11) is 1.49. The largest absolute Gasteiger partial charge is 0.493 e. The lowest BCUT2D eigenvalue weighted by molar-refractivity contribution is 0.0669. The molecule has 1 aliphatic heterocycles. The second kappa shape index (κ2) is 10.5. The summed E-state index contributed by atoms with van der Waals surface area (Å²) < 4.78 is 22.0. The van der Waals surface area contributed by atoms with E-state index in [-0.39, 0.29) is 6.10 Å². The van der Waals surface area contributed by atoms with Crippen LogP contribution in [0.2, 0.25) is 0 Å². The van der Waals surface area contributed by atoms with Crippen LogP contribution in [0.15, 0.2) is 42.5 Å². The predicted octanol–water partition coefficient (Wildman–Crippen LogP) is 2.73. The molecule has 2 amide bonds. The Morgan fingerprint density at radius 1 is 1.03 bits per heavy atom. The van der Waals surface area contributed by atoms with Gasteiger partial charge >= 0.3 is 0 Å². The molecule has 0 aromatic heterocycles. The van der Waals surface area contributed by atoms with Gasteiger partial charge in [-0.1, -0.05) is 12.1 Å². The van der Waals surface area contributed by atoms with E-state index >= 15 is 0 Å². The Balaban J connectivity index is 1.60. The highest BCUT2D eigenvalue weighted by atomic mass is 16.5. The van der Waals surface area contributed by atoms with E-state index in [0.29, 0.717) is 41.6 Å². The fraction of sp³-hybridized carbons (Fsp3) is 0.364. The number of hydrogen-bond donors (Lipinski definition) is 2. The van der Waals surface area contributed by atoms with Gasteiger partial charge in [0.2, 0.25) is 0 Å². The summed E-state index contributed by atoms with van der Waals surface area (Å²) in [4.78, 5) is 25.0. The van der Waals surface area contributed by atoms with Crippen LogP contribution in [0.25, 0.3) is 0 Å². The maximum absolute atomic E-state index is 12.6. The molecule has 160 valence electrons. The molecular weight excluding hydrogens is 388 g/mol. The normalized spacial score (nSPS) is 15.3. The van der Waals surface area contributed by atoms with E-state index < -0.39 is 11.8 Å². The van der Waals surface area contributed by atoms with Crippen LogP contribution in [0.1, 0.15) is 40.5 Å². The second-order valence-electron chi connectivity index (χ2n) is 6.65. The van der Waals surface area contributed by atoms with Gasteiger partial charge in [0, 0.05) is 12.2 Å². The predicted molar refractivity (Wildman–Crippen MR) is 110 cm³/mol. The van der Waals surface area contributed by atoms with Gasteiger partial charge in [0.15, 0.2) is 11.5 Å². The van der Waals surface area contributed by atoms with Gasteiger partial charge in [0.05, 0.1) is 25.4 Å². The molecule has 0 aliphatic carbocycles. The Kier molecular flexibility index (Phi) is 7.51. The molecule has 1 aliphatic rings. The minimum Gasteiger partial charge on any atom is -0.493 e. The minimum absolute atomic E-state index is 0.0375. The summed E-state index contributed by atoms with van der Waals surface area (Å²) in [5, 5.41) is 0. The zero-order valence-corrected chi connectivity index (χ0v) is 17.1. The Morgan fingerprint density at radius 3 is 2.57 bits per heavy atom. The number of hydrazine groups is 1. The average Bonchev–Trinajstić information content (AvgIpc) is 3.30. The molecule has 8 nitrogen and oxygen atoms in total. The number of carbonyl (C=O) groups excluding carboxylic acids is 2. The van der Waals surface area contributed by atoms with E-state index in [1.807, 2.05) is 6.92 Å². The first kappa shape index (κ1) is 21.4. The van der Waals surface area contributed by atoms with Crippen molar-refractivity contribution < 1.29 is 28.5 Å². The lowest BCUT2D eigenvalue weighted by atomic mass is 10.2. The summed E-state index contributed by atoms with van der Waals surface area (Å²) in [5.41, 5.74) is 5.47. The number of carbonyl (C=O) groups is 2. The number of rotatable bonds is 8. The number of para-hydroxylation sites is 1. The minimum atomic E-state index is -0.484. The Morgan fingerprint density at radius 2 is 1.83 bits per heavy atom. The molecule has 0 spiro atoms. The van der Waals surface area contributed by atoms with Crippen molar-refractivity contribution in [2.24, 2.45) is 0 Å². The smallest absolute Gasteiger partial charge is 0.273 e. The van der Waals surface area contributed by atoms with Crippen LogP contribution in [0.4, 0.5) is 0 Å². The number of ether oxygens (including phenoxy) is 4. The van der Waals surface area contributed by atoms with E-state index in [1.54, 1.807) is 42.5 Å². The molecule has 30 heavy (non-hydrogen) atoms. The number of amides is 2. The summed E-state index contributed by atoms with van der Waals surface area (Å²) in [6, 6.07) is 11.6. The Labute approximate surface area is 175 Å². The summed E-state index contributed by atoms with van der Waals surface area (Å²) >= 11 is 0. The first-order chi connectivity index (χ1) is 14.6. The van der Waals surface area contributed by atoms with Crippen LogP contribution in [-0.2, 0) is 4.74 Å². The van der Waals surface area contributed by atoms with Crippen LogP contribution in [0, 0.1) is 0 Å². The van der Waals surface area contributed by atoms with Crippen LogP contribution in [-0.4, -0.2) is 44.8 Å². The molecule has 1 saturated heterocycles. The van der Waals surface area contributed by atoms with E-state index in [4.69, 9.17) is 18.9 Å². The number of nitrogens with one attached hydrogen (secondary N) is 2. The molecule has 0 unspecified atom stereocenters. The van der Waals surface area contributed by atoms with E-state index in [9.17, 15) is 9.59 Å². The Bertz CT molecular complexity index is 880. The van der Waals surface area contributed by atoms with Crippen molar-refractivity contribution in [2.45, 2.75) is 25.9 Å². The molecule has 1 fully saturated rings. The van der Waals surface area contributed by atoms with Gasteiger partial charge in [0.1, 0.15) is 12.4 Å². The lowest BCUT2D eigenvalue weighted by Crippen LogP contribution is -2.41. The quantitative estimate of drug-likeness (QED) is 0.645. The molecule has 0 bridgehead atoms. The molecule has 3 rings (SSSR count). The van der Waals surface area contributed by atoms with Gasteiger partial charge in [-0.15, -0.1) is 0 Å². The zero-order chi connectivity index (χ0) is 21.3. The second-order valence-corrected chi connectivity index (χ2v) is 6.65. The number of hydrogen-bond acceptors (Lipinski definition) is 6. The SMILES string of the molecule is CCOc1ccc(C(=O)NNC(=O)c2ccccc2OC[C@H]2CCCO2)cc1OC. The molecular formula is C22H26N2O6. The third kappa shape index (κ3) is 5.42. The standard InChI is InChI=1S/C22H26N2O6/c1-3-28-19-11-10-15(13-20(19)27-2)21(25)23-24-22(26)17-8-4-5-9-18(17)30-14-16-7-6-12-29-16/h4-5,8-11,13,16H,3,6-7,12,14H2,1-2H3,(H,23,25)(H,24,26)/t16-/m1/s1. The highest BCUT2D eigenvalue weighted by Gasteiger charge is 2.19. The van der Waals surface area contributed by atoms with Crippen molar-refractivity contribution in [3.8, 4) is 17.2 Å². The van der Waals surface area contributed by atoms with Crippen molar-refractivity contribution >= 4 is 11.8 Å². The van der Waals surface area contributed by atoms with E-state index in [1.165, 1.54) is 7.11 Å². The van der Waals surface area contributed by atoms with Crippen molar-refractivity contribution in [2.75, 3.05) is 26.9 Å². The highest BCUT2D eigenvalue weighted by molar-refractivity contribution is 6.00. The van der Waals surface area contributed by atoms with Crippen LogP contribution < -0.4 is 25.1 Å². The fourth-order valence-electron chi connectivity index (χ4n) is 3.08. The van der Waals surface area contributed by atoms with Crippen LogP contribution >= 0.6 is 0 Å². The number of methoxy groups -OCH3 is 1. The first-order valence-electron chi connectivity index (χ1n) is 9.87. The molecule has 2 N–H and O–H groups in total. The third-order valence-electron chi connectivity index (χ3n) is 4.60. The van der Waals surface area contributed by atoms with Gasteiger partial charge in [-0.05, 0) is 50.1 Å². The van der Waals surface area contributed by atoms with Gasteiger partial charge in [-0.2, -0.15) is 0 Å². The van der Waals surface area contributed by atoms with Crippen molar-refractivity contribution in [3.05, 3.63) is 53.6 Å². The van der Waals surface area contributed by atoms with E-state index in [0.717, 1.165) is 19.4 Å². The maximum Gasteiger partial charge on any atom is 0.273 e. The average molecular weight is 414 g/mol. The maximum atomic E-state index is 12.6. The molecule has 1 atom stereocenters. The monoisotopic (exact) mass is 414 g/mol. The van der Waals surface area contributed by atoms with E-state index in [2.05, 4.69) is 10.9 Å². The summed E-state index contributed by atoms with van der Waals surface area (Å²) in [5.74, 6) is 0.440. The highest BCUT2D eigenvalue weighted by Crippen LogP contribution is 2.28. The van der Waals surface area contributed by atoms with Gasteiger partial charge < -0.3 is 18.9 Å². The molecule has 0 radical (unpaired) electrons. The fourth-order valence-corrected chi connectivity index (χ4v) is 3.08. The van der Waals surface area contributed by atoms with Crippen molar-refractivity contribution in [1.82, 2.24) is 10.9 Å². The zero-order valence-electron chi connectivity index (χ0n) is 17.1. The van der Waals surface area contributed by atoms with Crippen LogP contribution in [0.3, 0.4) is 0 Å². The van der Waals surface area contributed by atoms with Crippen molar-refractivity contribution in [3.63, 3.8) is 0 Å². The topological polar surface area (TPSA) is 95.1 Å². The lowest BCUT2D eigenvalue weighted by Gasteiger charge is -2.15. The Hall–Kier alpha value is -3.26. The van der Waals surface area contributed by atoms with Gasteiger partial charge in [-0.25, -0.2) is 0 Å². The molecule has 2 aromatic rings. The van der Waals surface area contributed by atoms with Gasteiger partial charge in [-0.3, -0.25) is 20.4 Å². The number of benzene rings is 2. The molecule has 1 heterocycles. The molecule has 8 heteroatoms. The first-order valence-corrected chi connectivity index (χ1v) is 9.87. The molecule has 0 saturated carbocycles. The summed E-state index contributed by atoms with van der Waals surface area (Å²) in [6.07, 6.45) is 1.99. The third-order valence-corrected chi connectivity index (χ3v) is 4.60. The van der Waals surface area contributed by atoms with Crippen LogP contribution in [0.5, 0.6) is 17.2 Å². The molecule has 2 aromatic carbocycles. The van der Waals surface area contributed by atoms with Gasteiger partial charge in [0.25, 0.3) is 11.8 Å². The summed E-state index contributed by atoms with van der Waals surface area (Å²) in [6.45, 7) is 3.45.